The van der Waals surface area contributed by atoms with Gasteiger partial charge in [0.25, 0.3) is 0 Å². The first-order valence-corrected chi connectivity index (χ1v) is 10.9. The van der Waals surface area contributed by atoms with Crippen molar-refractivity contribution < 1.29 is 23.9 Å². The summed E-state index contributed by atoms with van der Waals surface area (Å²) >= 11 is 0. The van der Waals surface area contributed by atoms with Gasteiger partial charge in [-0.1, -0.05) is 0 Å². The third-order valence-corrected chi connectivity index (χ3v) is 7.02. The van der Waals surface area contributed by atoms with Crippen LogP contribution in [0.25, 0.3) is 5.65 Å². The predicted octanol–water partition coefficient (Wildman–Crippen LogP) is 1.34. The monoisotopic (exact) mass is 430 g/mol. The number of hydrogen-bond donors (Lipinski definition) is 2. The van der Waals surface area contributed by atoms with Crippen molar-refractivity contribution in [1.82, 2.24) is 14.6 Å². The summed E-state index contributed by atoms with van der Waals surface area (Å²) in [6.07, 6.45) is 2.22. The molecule has 3 fully saturated rings. The molecule has 31 heavy (non-hydrogen) atoms. The van der Waals surface area contributed by atoms with Crippen molar-refractivity contribution in [3.8, 4) is 0 Å². The van der Waals surface area contributed by atoms with Gasteiger partial charge in [0.2, 0.25) is 0 Å². The minimum atomic E-state index is -0.660. The number of aliphatic hydroxyl groups excluding tert-OH is 1. The average Bonchev–Trinajstić information content (AvgIpc) is 3.36. The molecule has 0 spiro atoms. The molecule has 2 N–H and O–H groups in total. The van der Waals surface area contributed by atoms with Crippen LogP contribution in [0.3, 0.4) is 0 Å². The summed E-state index contributed by atoms with van der Waals surface area (Å²) in [7, 11) is -0.554. The first-order chi connectivity index (χ1) is 14.5. The maximum atomic E-state index is 9.83. The van der Waals surface area contributed by atoms with E-state index in [2.05, 4.69) is 10.3 Å². The zero-order chi connectivity index (χ0) is 22.2. The van der Waals surface area contributed by atoms with Crippen LogP contribution < -0.4 is 10.9 Å². The number of aromatic nitrogens is 3. The fourth-order valence-electron chi connectivity index (χ4n) is 4.70. The van der Waals surface area contributed by atoms with Crippen LogP contribution in [0, 0.1) is 5.92 Å². The number of aliphatic hydroxyl groups is 1. The molecular formula is C21H31BN4O5. The molecule has 0 unspecified atom stereocenters. The summed E-state index contributed by atoms with van der Waals surface area (Å²) in [5.41, 5.74) is 0.505. The number of fused-ring (bicyclic) bond motifs is 2. The van der Waals surface area contributed by atoms with Crippen LogP contribution in [0.4, 0.5) is 5.82 Å². The molecule has 4 heterocycles. The van der Waals surface area contributed by atoms with Gasteiger partial charge in [-0.05, 0) is 54.0 Å². The van der Waals surface area contributed by atoms with E-state index in [9.17, 15) is 5.11 Å². The molecule has 5 rings (SSSR count). The van der Waals surface area contributed by atoms with E-state index in [1.165, 1.54) is 0 Å². The summed E-state index contributed by atoms with van der Waals surface area (Å²) in [5, 5.41) is 18.1. The molecule has 0 radical (unpaired) electrons. The average molecular weight is 430 g/mol. The number of nitrogens with zero attached hydrogens (tertiary/aromatic N) is 3. The van der Waals surface area contributed by atoms with Crippen LogP contribution in [0.2, 0.25) is 0 Å². The fourth-order valence-corrected chi connectivity index (χ4v) is 4.70. The Bertz CT molecular complexity index is 977. The van der Waals surface area contributed by atoms with E-state index in [0.717, 1.165) is 12.2 Å². The molecular weight excluding hydrogens is 399 g/mol. The van der Waals surface area contributed by atoms with Crippen LogP contribution in [0.5, 0.6) is 0 Å². The fraction of sp³-hybridized carbons (Fsp3) is 0.714. The summed E-state index contributed by atoms with van der Waals surface area (Å²) in [6.45, 7) is 12.0. The smallest absolute Gasteiger partial charge is 0.398 e. The standard InChI is InChI=1S/C21H31BN4O5/c1-19(2)20(3,4)31-22(30-19)14-10-16-23-8-7-15(26(16)25-14)24-13-9-12(11-27)17-18(13)29-21(5,6)28-17/h7-8,10,12-13,17-18,24,27H,9,11H2,1-6H3/t12-,13-,17-,18+/m1/s1. The van der Waals surface area contributed by atoms with Crippen molar-refractivity contribution in [1.29, 1.82) is 0 Å². The molecule has 0 amide bonds. The lowest BCUT2D eigenvalue weighted by Crippen LogP contribution is -2.41. The third-order valence-electron chi connectivity index (χ3n) is 7.02. The minimum Gasteiger partial charge on any atom is -0.398 e. The van der Waals surface area contributed by atoms with Gasteiger partial charge in [0, 0.05) is 24.8 Å². The van der Waals surface area contributed by atoms with Gasteiger partial charge in [0.1, 0.15) is 11.9 Å². The van der Waals surface area contributed by atoms with Gasteiger partial charge in [-0.3, -0.25) is 0 Å². The van der Waals surface area contributed by atoms with E-state index in [4.69, 9.17) is 23.9 Å². The van der Waals surface area contributed by atoms with Crippen molar-refractivity contribution >= 4 is 24.2 Å². The highest BCUT2D eigenvalue weighted by molar-refractivity contribution is 6.61. The Kier molecular flexibility index (Phi) is 4.70. The zero-order valence-electron chi connectivity index (χ0n) is 19.0. The van der Waals surface area contributed by atoms with Crippen molar-refractivity contribution in [2.24, 2.45) is 5.92 Å². The summed E-state index contributed by atoms with van der Waals surface area (Å²) in [6, 6.07) is 3.76. The number of ether oxygens (including phenoxy) is 2. The number of nitrogens with one attached hydrogen (secondary N) is 1. The molecule has 2 aromatic rings. The Morgan fingerprint density at radius 2 is 1.81 bits per heavy atom. The first-order valence-electron chi connectivity index (χ1n) is 10.9. The Morgan fingerprint density at radius 1 is 1.13 bits per heavy atom. The molecule has 2 saturated heterocycles. The molecule has 2 aromatic heterocycles. The van der Waals surface area contributed by atoms with Crippen LogP contribution in [0.15, 0.2) is 18.3 Å². The molecule has 1 aliphatic carbocycles. The van der Waals surface area contributed by atoms with Gasteiger partial charge in [0.05, 0.1) is 28.9 Å². The van der Waals surface area contributed by atoms with Gasteiger partial charge in [0.15, 0.2) is 11.4 Å². The van der Waals surface area contributed by atoms with Crippen LogP contribution in [-0.4, -0.2) is 68.7 Å². The third kappa shape index (κ3) is 3.45. The minimum absolute atomic E-state index is 0.0148. The van der Waals surface area contributed by atoms with Crippen molar-refractivity contribution in [2.45, 2.75) is 83.2 Å². The topological polar surface area (TPSA) is 99.4 Å². The SMILES string of the molecule is CC1(C)O[C@@H]2[C@@H](CO)C[C@@H](Nc3ccnc4cc(B5OC(C)(C)C(C)(C)O5)nn34)[C@@H]2O1. The molecule has 2 aliphatic heterocycles. The number of hydrogen-bond acceptors (Lipinski definition) is 8. The van der Waals surface area contributed by atoms with Crippen molar-refractivity contribution in [3.63, 3.8) is 0 Å². The quantitative estimate of drug-likeness (QED) is 0.702. The second kappa shape index (κ2) is 6.89. The summed E-state index contributed by atoms with van der Waals surface area (Å²) < 4.78 is 26.3. The highest BCUT2D eigenvalue weighted by atomic mass is 16.8. The Balaban J connectivity index is 1.42. The molecule has 4 atom stereocenters. The van der Waals surface area contributed by atoms with Gasteiger partial charge >= 0.3 is 7.12 Å². The van der Waals surface area contributed by atoms with Crippen LogP contribution in [0.1, 0.15) is 48.0 Å². The molecule has 9 nitrogen and oxygen atoms in total. The molecule has 10 heteroatoms. The lowest BCUT2D eigenvalue weighted by molar-refractivity contribution is -0.158. The Hall–Kier alpha value is -1.72. The maximum absolute atomic E-state index is 9.83. The molecule has 168 valence electrons. The molecule has 0 bridgehead atoms. The van der Waals surface area contributed by atoms with Crippen LogP contribution in [-0.2, 0) is 18.8 Å². The van der Waals surface area contributed by atoms with Gasteiger partial charge in [-0.15, -0.1) is 0 Å². The van der Waals surface area contributed by atoms with E-state index in [0.29, 0.717) is 11.2 Å². The lowest BCUT2D eigenvalue weighted by Gasteiger charge is -2.32. The number of rotatable bonds is 4. The van der Waals surface area contributed by atoms with E-state index >= 15 is 0 Å². The van der Waals surface area contributed by atoms with Crippen molar-refractivity contribution in [2.75, 3.05) is 11.9 Å². The van der Waals surface area contributed by atoms with Gasteiger partial charge in [-0.2, -0.15) is 9.61 Å². The molecule has 0 aromatic carbocycles. The van der Waals surface area contributed by atoms with Gasteiger partial charge < -0.3 is 29.2 Å². The maximum Gasteiger partial charge on any atom is 0.516 e. The Labute approximate surface area is 182 Å². The second-order valence-corrected chi connectivity index (χ2v) is 10.3. The number of anilines is 1. The highest BCUT2D eigenvalue weighted by Gasteiger charge is 2.54. The zero-order valence-corrected chi connectivity index (χ0v) is 19.0. The lowest BCUT2D eigenvalue weighted by atomic mass is 9.85. The van der Waals surface area contributed by atoms with E-state index in [1.807, 2.05) is 53.7 Å². The summed E-state index contributed by atoms with van der Waals surface area (Å²) in [4.78, 5) is 4.46. The summed E-state index contributed by atoms with van der Waals surface area (Å²) in [5.74, 6) is 0.162. The van der Waals surface area contributed by atoms with E-state index in [1.54, 1.807) is 10.7 Å². The second-order valence-electron chi connectivity index (χ2n) is 10.3. The van der Waals surface area contributed by atoms with Gasteiger partial charge in [-0.25, -0.2) is 4.98 Å². The largest absolute Gasteiger partial charge is 0.516 e. The molecule has 1 saturated carbocycles. The van der Waals surface area contributed by atoms with E-state index in [-0.39, 0.29) is 30.8 Å². The van der Waals surface area contributed by atoms with Crippen LogP contribution >= 0.6 is 0 Å². The van der Waals surface area contributed by atoms with E-state index < -0.39 is 24.1 Å². The Morgan fingerprint density at radius 3 is 2.48 bits per heavy atom. The predicted molar refractivity (Wildman–Crippen MR) is 115 cm³/mol. The first kappa shape index (κ1) is 21.1. The highest BCUT2D eigenvalue weighted by Crippen LogP contribution is 2.42. The normalized spacial score (nSPS) is 33.2. The van der Waals surface area contributed by atoms with Crippen molar-refractivity contribution in [3.05, 3.63) is 18.3 Å². The molecule has 3 aliphatic rings.